The number of carbonyl (C=O) groups excluding carboxylic acids is 1. The van der Waals surface area contributed by atoms with Crippen LogP contribution in [0.5, 0.6) is 0 Å². The normalized spacial score (nSPS) is 26.7. The van der Waals surface area contributed by atoms with E-state index in [2.05, 4.69) is 4.74 Å². The van der Waals surface area contributed by atoms with Crippen molar-refractivity contribution in [3.8, 4) is 0 Å². The average Bonchev–Trinajstić information content (AvgIpc) is 2.37. The van der Waals surface area contributed by atoms with Crippen molar-refractivity contribution in [2.75, 3.05) is 13.7 Å². The number of allylic oxidation sites excluding steroid dienone is 1. The summed E-state index contributed by atoms with van der Waals surface area (Å²) in [5.74, 6) is 0.764. The summed E-state index contributed by atoms with van der Waals surface area (Å²) < 4.78 is 9.66. The SMILES string of the molecule is COC(=O)/C=C1/OCCC1C. The summed E-state index contributed by atoms with van der Waals surface area (Å²) in [5.41, 5.74) is 0. The number of methoxy groups -OCH3 is 1. The highest BCUT2D eigenvalue weighted by atomic mass is 16.5. The van der Waals surface area contributed by atoms with Gasteiger partial charge in [-0.05, 0) is 6.42 Å². The van der Waals surface area contributed by atoms with Crippen LogP contribution in [-0.2, 0) is 14.3 Å². The minimum atomic E-state index is -0.339. The summed E-state index contributed by atoms with van der Waals surface area (Å²) in [6.07, 6.45) is 2.40. The third-order valence-corrected chi connectivity index (χ3v) is 1.77. The zero-order chi connectivity index (χ0) is 8.27. The van der Waals surface area contributed by atoms with Gasteiger partial charge in [0.2, 0.25) is 0 Å². The summed E-state index contributed by atoms with van der Waals surface area (Å²) in [5, 5.41) is 0. The second-order valence-corrected chi connectivity index (χ2v) is 2.61. The van der Waals surface area contributed by atoms with Gasteiger partial charge in [-0.2, -0.15) is 0 Å². The predicted octanol–water partition coefficient (Wildman–Crippen LogP) is 1.10. The van der Waals surface area contributed by atoms with Gasteiger partial charge in [-0.1, -0.05) is 6.92 Å². The lowest BCUT2D eigenvalue weighted by molar-refractivity contribution is -0.135. The minimum absolute atomic E-state index is 0.339. The maximum Gasteiger partial charge on any atom is 0.333 e. The number of hydrogen-bond donors (Lipinski definition) is 0. The largest absolute Gasteiger partial charge is 0.497 e. The molecule has 0 aromatic rings. The molecule has 0 aromatic carbocycles. The second-order valence-electron chi connectivity index (χ2n) is 2.61. The van der Waals surface area contributed by atoms with E-state index in [1.54, 1.807) is 0 Å². The molecule has 1 heterocycles. The van der Waals surface area contributed by atoms with Crippen LogP contribution in [0.15, 0.2) is 11.8 Å². The van der Waals surface area contributed by atoms with Gasteiger partial charge in [0.1, 0.15) is 5.76 Å². The molecule has 3 heteroatoms. The number of rotatable bonds is 1. The number of carbonyl (C=O) groups is 1. The Hall–Kier alpha value is -0.990. The van der Waals surface area contributed by atoms with Gasteiger partial charge in [-0.25, -0.2) is 4.79 Å². The molecule has 1 aliphatic heterocycles. The van der Waals surface area contributed by atoms with E-state index in [0.29, 0.717) is 12.5 Å². The molecule has 0 saturated carbocycles. The maximum atomic E-state index is 10.7. The Balaban J connectivity index is 2.57. The fourth-order valence-electron chi connectivity index (χ4n) is 0.997. The van der Waals surface area contributed by atoms with Crippen LogP contribution in [0, 0.1) is 5.92 Å². The molecule has 0 N–H and O–H groups in total. The van der Waals surface area contributed by atoms with Crippen LogP contribution in [-0.4, -0.2) is 19.7 Å². The lowest BCUT2D eigenvalue weighted by Gasteiger charge is -2.01. The van der Waals surface area contributed by atoms with Crippen molar-refractivity contribution in [3.05, 3.63) is 11.8 Å². The monoisotopic (exact) mass is 156 g/mol. The van der Waals surface area contributed by atoms with Crippen molar-refractivity contribution in [2.45, 2.75) is 13.3 Å². The van der Waals surface area contributed by atoms with Crippen LogP contribution in [0.4, 0.5) is 0 Å². The molecule has 0 amide bonds. The van der Waals surface area contributed by atoms with Gasteiger partial charge in [-0.15, -0.1) is 0 Å². The van der Waals surface area contributed by atoms with E-state index in [4.69, 9.17) is 4.74 Å². The van der Waals surface area contributed by atoms with Crippen molar-refractivity contribution in [2.24, 2.45) is 5.92 Å². The molecule has 11 heavy (non-hydrogen) atoms. The van der Waals surface area contributed by atoms with Gasteiger partial charge in [0.05, 0.1) is 19.8 Å². The van der Waals surface area contributed by atoms with Crippen molar-refractivity contribution < 1.29 is 14.3 Å². The first kappa shape index (κ1) is 8.11. The highest BCUT2D eigenvalue weighted by molar-refractivity contribution is 5.82. The molecule has 1 saturated heterocycles. The van der Waals surface area contributed by atoms with Crippen molar-refractivity contribution in [3.63, 3.8) is 0 Å². The molecule has 0 aliphatic carbocycles. The first-order chi connectivity index (χ1) is 5.24. The molecule has 0 radical (unpaired) electrons. The molecule has 1 aliphatic rings. The van der Waals surface area contributed by atoms with E-state index in [9.17, 15) is 4.79 Å². The highest BCUT2D eigenvalue weighted by Crippen LogP contribution is 2.23. The summed E-state index contributed by atoms with van der Waals surface area (Å²) in [6, 6.07) is 0. The van der Waals surface area contributed by atoms with Gasteiger partial charge in [-0.3, -0.25) is 0 Å². The van der Waals surface area contributed by atoms with E-state index >= 15 is 0 Å². The van der Waals surface area contributed by atoms with E-state index in [1.165, 1.54) is 13.2 Å². The smallest absolute Gasteiger partial charge is 0.333 e. The number of ether oxygens (including phenoxy) is 2. The topological polar surface area (TPSA) is 35.5 Å². The third kappa shape index (κ3) is 1.97. The Morgan fingerprint density at radius 3 is 3.00 bits per heavy atom. The summed E-state index contributed by atoms with van der Waals surface area (Å²) in [4.78, 5) is 10.7. The standard InChI is InChI=1S/C8H12O3/c1-6-3-4-11-7(6)5-8(9)10-2/h5-6H,3-4H2,1-2H3/b7-5+. The van der Waals surface area contributed by atoms with E-state index < -0.39 is 0 Å². The van der Waals surface area contributed by atoms with Crippen molar-refractivity contribution in [1.29, 1.82) is 0 Å². The molecule has 0 bridgehead atoms. The Morgan fingerprint density at radius 1 is 1.82 bits per heavy atom. The molecule has 1 unspecified atom stereocenters. The van der Waals surface area contributed by atoms with Crippen LogP contribution >= 0.6 is 0 Å². The van der Waals surface area contributed by atoms with Crippen molar-refractivity contribution in [1.82, 2.24) is 0 Å². The Bertz CT molecular complexity index is 184. The molecule has 3 nitrogen and oxygen atoms in total. The molecule has 1 atom stereocenters. The van der Waals surface area contributed by atoms with Gasteiger partial charge >= 0.3 is 5.97 Å². The number of hydrogen-bond acceptors (Lipinski definition) is 3. The van der Waals surface area contributed by atoms with Crippen LogP contribution in [0.25, 0.3) is 0 Å². The molecular weight excluding hydrogens is 144 g/mol. The zero-order valence-corrected chi connectivity index (χ0v) is 6.79. The van der Waals surface area contributed by atoms with Gasteiger partial charge < -0.3 is 9.47 Å². The highest BCUT2D eigenvalue weighted by Gasteiger charge is 2.18. The van der Waals surface area contributed by atoms with Gasteiger partial charge in [0, 0.05) is 5.92 Å². The molecule has 62 valence electrons. The first-order valence-electron chi connectivity index (χ1n) is 3.66. The quantitative estimate of drug-likeness (QED) is 0.421. The van der Waals surface area contributed by atoms with Gasteiger partial charge in [0.25, 0.3) is 0 Å². The molecular formula is C8H12O3. The van der Waals surface area contributed by atoms with Crippen molar-refractivity contribution >= 4 is 5.97 Å². The summed E-state index contributed by atoms with van der Waals surface area (Å²) in [7, 11) is 1.36. The fourth-order valence-corrected chi connectivity index (χ4v) is 0.997. The van der Waals surface area contributed by atoms with E-state index in [1.807, 2.05) is 6.92 Å². The molecule has 1 fully saturated rings. The second kappa shape index (κ2) is 3.42. The fraction of sp³-hybridized carbons (Fsp3) is 0.625. The lowest BCUT2D eigenvalue weighted by atomic mass is 10.1. The first-order valence-corrected chi connectivity index (χ1v) is 3.66. The number of esters is 1. The lowest BCUT2D eigenvalue weighted by Crippen LogP contribution is -1.99. The Labute approximate surface area is 66.0 Å². The summed E-state index contributed by atoms with van der Waals surface area (Å²) in [6.45, 7) is 2.74. The Morgan fingerprint density at radius 2 is 2.55 bits per heavy atom. The molecule has 0 spiro atoms. The predicted molar refractivity (Wildman–Crippen MR) is 39.8 cm³/mol. The molecule has 0 aromatic heterocycles. The average molecular weight is 156 g/mol. The minimum Gasteiger partial charge on any atom is -0.497 e. The zero-order valence-electron chi connectivity index (χ0n) is 6.79. The summed E-state index contributed by atoms with van der Waals surface area (Å²) >= 11 is 0. The van der Waals surface area contributed by atoms with E-state index in [0.717, 1.165) is 12.2 Å². The maximum absolute atomic E-state index is 10.7. The third-order valence-electron chi connectivity index (χ3n) is 1.77. The van der Waals surface area contributed by atoms with Crippen LogP contribution in [0.3, 0.4) is 0 Å². The van der Waals surface area contributed by atoms with Crippen LogP contribution < -0.4 is 0 Å². The van der Waals surface area contributed by atoms with Gasteiger partial charge in [0.15, 0.2) is 0 Å². The van der Waals surface area contributed by atoms with E-state index in [-0.39, 0.29) is 5.97 Å². The van der Waals surface area contributed by atoms with Crippen LogP contribution in [0.2, 0.25) is 0 Å². The van der Waals surface area contributed by atoms with Crippen LogP contribution in [0.1, 0.15) is 13.3 Å². The Kier molecular flexibility index (Phi) is 2.52. The molecule has 1 rings (SSSR count).